The summed E-state index contributed by atoms with van der Waals surface area (Å²) in [6.45, 7) is 6.43. The maximum atomic E-state index is 6.29. The molecule has 0 amide bonds. The summed E-state index contributed by atoms with van der Waals surface area (Å²) in [5.41, 5.74) is 3.61. The minimum Gasteiger partial charge on any atom is -0.496 e. The molecule has 1 saturated heterocycles. The normalized spacial score (nSPS) is 19.9. The monoisotopic (exact) mass is 267 g/mol. The Bertz CT molecular complexity index is 425. The van der Waals surface area contributed by atoms with Crippen LogP contribution in [0.25, 0.3) is 0 Å². The summed E-state index contributed by atoms with van der Waals surface area (Å²) >= 11 is 6.29. The molecule has 18 heavy (non-hydrogen) atoms. The summed E-state index contributed by atoms with van der Waals surface area (Å²) in [7, 11) is 1.72. The Morgan fingerprint density at radius 1 is 1.39 bits per heavy atom. The first-order valence-electron chi connectivity index (χ1n) is 6.66. The molecule has 1 fully saturated rings. The summed E-state index contributed by atoms with van der Waals surface area (Å²) in [4.78, 5) is 0. The molecule has 1 aromatic rings. The van der Waals surface area contributed by atoms with Crippen molar-refractivity contribution in [1.82, 2.24) is 5.32 Å². The zero-order chi connectivity index (χ0) is 13.1. The van der Waals surface area contributed by atoms with Crippen LogP contribution in [-0.4, -0.2) is 20.2 Å². The molecule has 0 radical (unpaired) electrons. The molecule has 0 saturated carbocycles. The fourth-order valence-electron chi connectivity index (χ4n) is 2.83. The fourth-order valence-corrected chi connectivity index (χ4v) is 3.05. The summed E-state index contributed by atoms with van der Waals surface area (Å²) in [6, 6.07) is 2.11. The van der Waals surface area contributed by atoms with Gasteiger partial charge in [0.15, 0.2) is 0 Å². The van der Waals surface area contributed by atoms with Crippen LogP contribution in [0.4, 0.5) is 0 Å². The smallest absolute Gasteiger partial charge is 0.126 e. The van der Waals surface area contributed by atoms with Crippen molar-refractivity contribution in [2.75, 3.05) is 20.2 Å². The van der Waals surface area contributed by atoms with Crippen LogP contribution in [0.15, 0.2) is 6.07 Å². The first kappa shape index (κ1) is 13.7. The Hall–Kier alpha value is -0.730. The molecular formula is C15H22ClNO. The van der Waals surface area contributed by atoms with Gasteiger partial charge in [-0.2, -0.15) is 0 Å². The number of piperidine rings is 1. The number of methoxy groups -OCH3 is 1. The number of hydrogen-bond acceptors (Lipinski definition) is 2. The van der Waals surface area contributed by atoms with Crippen LogP contribution in [0, 0.1) is 19.8 Å². The number of halogens is 1. The highest BCUT2D eigenvalue weighted by molar-refractivity contribution is 6.31. The van der Waals surface area contributed by atoms with E-state index in [2.05, 4.69) is 18.3 Å². The minimum atomic E-state index is 0.723. The summed E-state index contributed by atoms with van der Waals surface area (Å²) in [5.74, 6) is 1.67. The van der Waals surface area contributed by atoms with Gasteiger partial charge < -0.3 is 10.1 Å². The average molecular weight is 268 g/mol. The van der Waals surface area contributed by atoms with Crippen molar-refractivity contribution in [3.05, 3.63) is 27.8 Å². The van der Waals surface area contributed by atoms with Crippen LogP contribution < -0.4 is 10.1 Å². The van der Waals surface area contributed by atoms with E-state index in [4.69, 9.17) is 16.3 Å². The highest BCUT2D eigenvalue weighted by Crippen LogP contribution is 2.33. The molecular weight excluding hydrogens is 246 g/mol. The molecule has 1 atom stereocenters. The topological polar surface area (TPSA) is 21.3 Å². The number of nitrogens with one attached hydrogen (secondary N) is 1. The van der Waals surface area contributed by atoms with Crippen LogP contribution in [0.5, 0.6) is 5.75 Å². The summed E-state index contributed by atoms with van der Waals surface area (Å²) in [6.07, 6.45) is 3.68. The lowest BCUT2D eigenvalue weighted by molar-refractivity contribution is 0.373. The molecule has 1 N–H and O–H groups in total. The van der Waals surface area contributed by atoms with E-state index in [1.54, 1.807) is 7.11 Å². The van der Waals surface area contributed by atoms with Crippen molar-refractivity contribution in [3.63, 3.8) is 0 Å². The SMILES string of the molecule is COc1c(C)c(Cl)cc(CC2CCCNC2)c1C. The van der Waals surface area contributed by atoms with E-state index in [0.29, 0.717) is 0 Å². The Morgan fingerprint density at radius 2 is 2.17 bits per heavy atom. The molecule has 1 heterocycles. The van der Waals surface area contributed by atoms with Gasteiger partial charge in [0, 0.05) is 10.6 Å². The molecule has 2 nitrogen and oxygen atoms in total. The van der Waals surface area contributed by atoms with E-state index in [0.717, 1.165) is 41.8 Å². The predicted octanol–water partition coefficient (Wildman–Crippen LogP) is 3.51. The van der Waals surface area contributed by atoms with E-state index in [1.807, 2.05) is 6.92 Å². The van der Waals surface area contributed by atoms with Crippen molar-refractivity contribution in [2.24, 2.45) is 5.92 Å². The average Bonchev–Trinajstić information content (AvgIpc) is 2.38. The van der Waals surface area contributed by atoms with Gasteiger partial charge >= 0.3 is 0 Å². The Labute approximate surface area is 115 Å². The molecule has 0 aliphatic carbocycles. The van der Waals surface area contributed by atoms with E-state index in [1.165, 1.54) is 24.0 Å². The number of ether oxygens (including phenoxy) is 1. The van der Waals surface area contributed by atoms with Gasteiger partial charge in [0.1, 0.15) is 5.75 Å². The first-order chi connectivity index (χ1) is 8.63. The molecule has 2 rings (SSSR count). The number of benzene rings is 1. The molecule has 100 valence electrons. The Morgan fingerprint density at radius 3 is 2.78 bits per heavy atom. The fraction of sp³-hybridized carbons (Fsp3) is 0.600. The van der Waals surface area contributed by atoms with Crippen LogP contribution in [0.2, 0.25) is 5.02 Å². The number of rotatable bonds is 3. The van der Waals surface area contributed by atoms with Crippen LogP contribution in [0.3, 0.4) is 0 Å². The van der Waals surface area contributed by atoms with Crippen molar-refractivity contribution >= 4 is 11.6 Å². The molecule has 1 aliphatic rings. The molecule has 3 heteroatoms. The minimum absolute atomic E-state index is 0.723. The largest absolute Gasteiger partial charge is 0.496 e. The van der Waals surface area contributed by atoms with Crippen LogP contribution in [-0.2, 0) is 6.42 Å². The maximum Gasteiger partial charge on any atom is 0.126 e. The standard InChI is InChI=1S/C15H22ClNO/c1-10-13(7-12-5-4-6-17-9-12)8-14(16)11(2)15(10)18-3/h8,12,17H,4-7,9H2,1-3H3. The van der Waals surface area contributed by atoms with Crippen molar-refractivity contribution in [2.45, 2.75) is 33.1 Å². The molecule has 0 aromatic heterocycles. The van der Waals surface area contributed by atoms with E-state index >= 15 is 0 Å². The predicted molar refractivity (Wildman–Crippen MR) is 76.8 cm³/mol. The molecule has 0 spiro atoms. The third-order valence-corrected chi connectivity index (χ3v) is 4.33. The van der Waals surface area contributed by atoms with E-state index < -0.39 is 0 Å². The summed E-state index contributed by atoms with van der Waals surface area (Å²) in [5, 5.41) is 4.28. The Kier molecular flexibility index (Phi) is 4.52. The van der Waals surface area contributed by atoms with Gasteiger partial charge in [-0.25, -0.2) is 0 Å². The first-order valence-corrected chi connectivity index (χ1v) is 7.04. The second-order valence-corrected chi connectivity index (χ2v) is 5.62. The zero-order valence-corrected chi connectivity index (χ0v) is 12.2. The van der Waals surface area contributed by atoms with Crippen LogP contribution >= 0.6 is 11.6 Å². The highest BCUT2D eigenvalue weighted by Gasteiger charge is 2.18. The van der Waals surface area contributed by atoms with Crippen molar-refractivity contribution in [3.8, 4) is 5.75 Å². The van der Waals surface area contributed by atoms with Gasteiger partial charge in [0.05, 0.1) is 7.11 Å². The van der Waals surface area contributed by atoms with Gasteiger partial charge in [-0.15, -0.1) is 0 Å². The van der Waals surface area contributed by atoms with Crippen molar-refractivity contribution < 1.29 is 4.74 Å². The van der Waals surface area contributed by atoms with E-state index in [9.17, 15) is 0 Å². The third-order valence-electron chi connectivity index (χ3n) is 3.93. The molecule has 1 aromatic carbocycles. The quantitative estimate of drug-likeness (QED) is 0.905. The van der Waals surface area contributed by atoms with Gasteiger partial charge in [-0.05, 0) is 69.3 Å². The molecule has 0 bridgehead atoms. The van der Waals surface area contributed by atoms with Gasteiger partial charge in [-0.3, -0.25) is 0 Å². The number of hydrogen-bond donors (Lipinski definition) is 1. The molecule has 1 unspecified atom stereocenters. The second kappa shape index (κ2) is 5.94. The lowest BCUT2D eigenvalue weighted by Gasteiger charge is -2.24. The Balaban J connectivity index is 2.24. The lowest BCUT2D eigenvalue weighted by Crippen LogP contribution is -2.31. The van der Waals surface area contributed by atoms with Crippen molar-refractivity contribution in [1.29, 1.82) is 0 Å². The van der Waals surface area contributed by atoms with Crippen LogP contribution in [0.1, 0.15) is 29.5 Å². The second-order valence-electron chi connectivity index (χ2n) is 5.22. The molecule has 1 aliphatic heterocycles. The maximum absolute atomic E-state index is 6.29. The summed E-state index contributed by atoms with van der Waals surface area (Å²) < 4.78 is 5.49. The van der Waals surface area contributed by atoms with Gasteiger partial charge in [0.2, 0.25) is 0 Å². The van der Waals surface area contributed by atoms with Gasteiger partial charge in [0.25, 0.3) is 0 Å². The lowest BCUT2D eigenvalue weighted by atomic mass is 9.89. The third kappa shape index (κ3) is 2.81. The van der Waals surface area contributed by atoms with Gasteiger partial charge in [-0.1, -0.05) is 11.6 Å². The van der Waals surface area contributed by atoms with E-state index in [-0.39, 0.29) is 0 Å². The highest BCUT2D eigenvalue weighted by atomic mass is 35.5. The zero-order valence-electron chi connectivity index (χ0n) is 11.5.